The molecule has 0 amide bonds. The van der Waals surface area contributed by atoms with E-state index in [1.54, 1.807) is 9.97 Å². The Balaban J connectivity index is 1.14. The van der Waals surface area contributed by atoms with E-state index in [4.69, 9.17) is 4.74 Å². The number of hydrogen-bond acceptors (Lipinski definition) is 5. The summed E-state index contributed by atoms with van der Waals surface area (Å²) in [6.45, 7) is 0.713. The van der Waals surface area contributed by atoms with Crippen LogP contribution in [0.15, 0.2) is 23.9 Å². The smallest absolute Gasteiger partial charge is 0.242 e. The van der Waals surface area contributed by atoms with Crippen LogP contribution in [0, 0.1) is 23.7 Å². The second-order valence-corrected chi connectivity index (χ2v) is 12.3. The van der Waals surface area contributed by atoms with Gasteiger partial charge >= 0.3 is 0 Å². The van der Waals surface area contributed by atoms with Crippen LogP contribution in [0.3, 0.4) is 0 Å². The van der Waals surface area contributed by atoms with Crippen LogP contribution in [0.25, 0.3) is 5.65 Å². The molecule has 2 aromatic heterocycles. The van der Waals surface area contributed by atoms with Crippen LogP contribution in [0.5, 0.6) is 5.75 Å². The van der Waals surface area contributed by atoms with Gasteiger partial charge < -0.3 is 4.74 Å². The molecule has 4 atom stereocenters. The Morgan fingerprint density at radius 3 is 2.68 bits per heavy atom. The molecule has 8 heteroatoms. The topological polar surface area (TPSA) is 85.6 Å². The monoisotopic (exact) mass is 440 g/mol. The maximum Gasteiger partial charge on any atom is 0.242 e. The van der Waals surface area contributed by atoms with E-state index in [2.05, 4.69) is 21.0 Å². The van der Waals surface area contributed by atoms with Gasteiger partial charge in [-0.2, -0.15) is 0 Å². The van der Waals surface area contributed by atoms with E-state index in [1.165, 1.54) is 25.7 Å². The molecule has 4 unspecified atom stereocenters. The number of nitrogens with one attached hydrogen (secondary N) is 1. The number of rotatable bonds is 7. The van der Waals surface area contributed by atoms with Crippen molar-refractivity contribution in [3.05, 3.63) is 29.5 Å². The zero-order valence-corrected chi connectivity index (χ0v) is 18.4. The molecule has 4 saturated carbocycles. The number of hydrogen-bond donors (Lipinski definition) is 1. The number of sulfonamides is 1. The number of nitrogens with zero attached hydrogens (tertiary/aromatic N) is 3. The SMILES string of the molecule is O=S(=O)(Nc1nnc2cc(OCC3C=C4C5CCC(C5)C4C3)c(C3CC3)cn12)C1CC1. The molecule has 31 heavy (non-hydrogen) atoms. The molecule has 0 aliphatic heterocycles. The minimum absolute atomic E-state index is 0.277. The molecule has 0 aromatic carbocycles. The van der Waals surface area contributed by atoms with Gasteiger partial charge in [0, 0.05) is 23.7 Å². The third-order valence-corrected chi connectivity index (χ3v) is 9.94. The highest BCUT2D eigenvalue weighted by molar-refractivity contribution is 7.93. The highest BCUT2D eigenvalue weighted by Gasteiger charge is 2.47. The number of fused-ring (bicyclic) bond motifs is 6. The Hall–Kier alpha value is -2.09. The summed E-state index contributed by atoms with van der Waals surface area (Å²) >= 11 is 0. The van der Waals surface area contributed by atoms with E-state index in [1.807, 2.05) is 12.3 Å². The highest BCUT2D eigenvalue weighted by Crippen LogP contribution is 2.57. The molecule has 7 rings (SSSR count). The zero-order chi connectivity index (χ0) is 20.7. The molecule has 5 aliphatic carbocycles. The Kier molecular flexibility index (Phi) is 3.85. The molecular weight excluding hydrogens is 412 g/mol. The van der Waals surface area contributed by atoms with Gasteiger partial charge in [-0.25, -0.2) is 8.42 Å². The van der Waals surface area contributed by atoms with Gasteiger partial charge in [0.25, 0.3) is 0 Å². The van der Waals surface area contributed by atoms with Crippen molar-refractivity contribution in [3.63, 3.8) is 0 Å². The minimum atomic E-state index is -3.37. The lowest BCUT2D eigenvalue weighted by molar-refractivity contribution is 0.252. The Morgan fingerprint density at radius 2 is 1.90 bits per heavy atom. The first-order valence-corrected chi connectivity index (χ1v) is 13.3. The summed E-state index contributed by atoms with van der Waals surface area (Å²) in [7, 11) is -3.37. The van der Waals surface area contributed by atoms with Crippen LogP contribution >= 0.6 is 0 Å². The van der Waals surface area contributed by atoms with Crippen LogP contribution in [0.1, 0.15) is 62.8 Å². The van der Waals surface area contributed by atoms with Crippen LogP contribution in [-0.4, -0.2) is 34.9 Å². The molecule has 1 N–H and O–H groups in total. The van der Waals surface area contributed by atoms with Crippen molar-refractivity contribution >= 4 is 21.6 Å². The van der Waals surface area contributed by atoms with E-state index in [9.17, 15) is 8.42 Å². The molecule has 0 saturated heterocycles. The molecular formula is C23H28N4O3S. The van der Waals surface area contributed by atoms with Gasteiger partial charge in [-0.05, 0) is 75.0 Å². The predicted octanol–water partition coefficient (Wildman–Crippen LogP) is 3.88. The van der Waals surface area contributed by atoms with E-state index < -0.39 is 10.0 Å². The first kappa shape index (κ1) is 18.5. The standard InChI is InChI=1S/C23H28N4O3S/c28-31(29,17-5-6-17)26-23-25-24-22-10-21(20(11-27(22)23)14-1-2-14)30-12-13-7-18-15-3-4-16(9-15)19(18)8-13/h7,10-11,13-17,19H,1-6,8-9,12H2,(H,25,26). The second kappa shape index (κ2) is 6.47. The number of ether oxygens (including phenoxy) is 1. The van der Waals surface area contributed by atoms with Gasteiger partial charge in [-0.1, -0.05) is 11.6 Å². The van der Waals surface area contributed by atoms with Crippen molar-refractivity contribution in [1.82, 2.24) is 14.6 Å². The summed E-state index contributed by atoms with van der Waals surface area (Å²) in [4.78, 5) is 0. The average molecular weight is 441 g/mol. The molecule has 0 spiro atoms. The fraction of sp³-hybridized carbons (Fsp3) is 0.652. The molecule has 5 aliphatic rings. The lowest BCUT2D eigenvalue weighted by atomic mass is 9.85. The third kappa shape index (κ3) is 3.09. The van der Waals surface area contributed by atoms with Gasteiger partial charge in [-0.15, -0.1) is 10.2 Å². The summed E-state index contributed by atoms with van der Waals surface area (Å²) < 4.78 is 35.5. The second-order valence-electron chi connectivity index (χ2n) is 10.3. The van der Waals surface area contributed by atoms with E-state index >= 15 is 0 Å². The normalized spacial score (nSPS) is 31.8. The molecule has 4 fully saturated rings. The van der Waals surface area contributed by atoms with Crippen LogP contribution in [0.2, 0.25) is 0 Å². The van der Waals surface area contributed by atoms with Gasteiger partial charge in [0.15, 0.2) is 5.65 Å². The molecule has 7 nitrogen and oxygen atoms in total. The van der Waals surface area contributed by atoms with Crippen molar-refractivity contribution in [2.45, 2.75) is 62.5 Å². The molecule has 2 aromatic rings. The summed E-state index contributed by atoms with van der Waals surface area (Å²) in [6.07, 6.45) is 13.7. The van der Waals surface area contributed by atoms with Crippen LogP contribution in [-0.2, 0) is 10.0 Å². The highest BCUT2D eigenvalue weighted by atomic mass is 32.2. The van der Waals surface area contributed by atoms with Crippen molar-refractivity contribution < 1.29 is 13.2 Å². The Morgan fingerprint density at radius 1 is 1.06 bits per heavy atom. The van der Waals surface area contributed by atoms with E-state index in [0.29, 0.717) is 24.1 Å². The summed E-state index contributed by atoms with van der Waals surface area (Å²) in [5.41, 5.74) is 3.49. The third-order valence-electron chi connectivity index (χ3n) is 8.13. The van der Waals surface area contributed by atoms with Crippen molar-refractivity contribution in [3.8, 4) is 5.75 Å². The van der Waals surface area contributed by atoms with Crippen molar-refractivity contribution in [1.29, 1.82) is 0 Å². The Bertz CT molecular complexity index is 1190. The fourth-order valence-corrected chi connectivity index (χ4v) is 7.56. The van der Waals surface area contributed by atoms with E-state index in [-0.39, 0.29) is 11.2 Å². The number of aromatic nitrogens is 3. The lowest BCUT2D eigenvalue weighted by Crippen LogP contribution is -2.19. The molecule has 164 valence electrons. The number of pyridine rings is 1. The number of allylic oxidation sites excluding steroid dienone is 1. The first-order chi connectivity index (χ1) is 15.0. The van der Waals surface area contributed by atoms with Crippen LogP contribution < -0.4 is 9.46 Å². The fourth-order valence-electron chi connectivity index (χ4n) is 6.24. The molecule has 2 heterocycles. The van der Waals surface area contributed by atoms with Crippen molar-refractivity contribution in [2.75, 3.05) is 11.3 Å². The maximum atomic E-state index is 12.4. The predicted molar refractivity (Wildman–Crippen MR) is 117 cm³/mol. The molecule has 2 bridgehead atoms. The summed E-state index contributed by atoms with van der Waals surface area (Å²) in [6, 6.07) is 1.93. The maximum absolute atomic E-state index is 12.4. The van der Waals surface area contributed by atoms with Gasteiger partial charge in [0.05, 0.1) is 11.9 Å². The molecule has 0 radical (unpaired) electrons. The Labute approximate surface area is 182 Å². The van der Waals surface area contributed by atoms with Gasteiger partial charge in [0.2, 0.25) is 16.0 Å². The van der Waals surface area contributed by atoms with E-state index in [0.717, 1.165) is 54.7 Å². The average Bonchev–Trinajstić information content (AvgIpc) is 3.63. The summed E-state index contributed by atoms with van der Waals surface area (Å²) in [5, 5.41) is 8.03. The van der Waals surface area contributed by atoms with Crippen molar-refractivity contribution in [2.24, 2.45) is 23.7 Å². The quantitative estimate of drug-likeness (QED) is 0.661. The van der Waals surface area contributed by atoms with Crippen LogP contribution in [0.4, 0.5) is 5.95 Å². The zero-order valence-electron chi connectivity index (χ0n) is 17.5. The minimum Gasteiger partial charge on any atom is -0.492 e. The number of anilines is 1. The van der Waals surface area contributed by atoms with Gasteiger partial charge in [-0.3, -0.25) is 9.12 Å². The van der Waals surface area contributed by atoms with Gasteiger partial charge in [0.1, 0.15) is 5.75 Å². The lowest BCUT2D eigenvalue weighted by Gasteiger charge is -2.20. The largest absolute Gasteiger partial charge is 0.492 e. The first-order valence-electron chi connectivity index (χ1n) is 11.8. The summed E-state index contributed by atoms with van der Waals surface area (Å²) in [5.74, 6) is 4.74.